The van der Waals surface area contributed by atoms with Crippen LogP contribution >= 0.6 is 11.8 Å². The maximum absolute atomic E-state index is 12.4. The molecule has 2 heterocycles. The molecule has 10 heteroatoms. The molecule has 2 aliphatic rings. The third-order valence-electron chi connectivity index (χ3n) is 5.15. The number of thioether (sulfide) groups is 1. The number of para-hydroxylation sites is 1. The molecule has 4 amide bonds. The average Bonchev–Trinajstić information content (AvgIpc) is 3.44. The lowest BCUT2D eigenvalue weighted by Crippen LogP contribution is -2.49. The molecule has 2 aromatic rings. The quantitative estimate of drug-likeness (QED) is 0.530. The van der Waals surface area contributed by atoms with Crippen LogP contribution in [0.3, 0.4) is 0 Å². The number of carbonyl (C=O) groups is 3. The van der Waals surface area contributed by atoms with E-state index in [0.29, 0.717) is 17.5 Å². The molecule has 1 aliphatic heterocycles. The van der Waals surface area contributed by atoms with Gasteiger partial charge in [0.1, 0.15) is 11.4 Å². The number of nitrogens with one attached hydrogen (secondary N) is 2. The van der Waals surface area contributed by atoms with E-state index < -0.39 is 23.4 Å². The summed E-state index contributed by atoms with van der Waals surface area (Å²) < 4.78 is 1.97. The van der Waals surface area contributed by atoms with E-state index in [1.165, 1.54) is 11.8 Å². The number of aromatic nitrogens is 3. The summed E-state index contributed by atoms with van der Waals surface area (Å²) in [5, 5.41) is 12.5. The predicted molar refractivity (Wildman–Crippen MR) is 106 cm³/mol. The van der Waals surface area contributed by atoms with E-state index in [1.807, 2.05) is 34.9 Å². The van der Waals surface area contributed by atoms with Gasteiger partial charge >= 0.3 is 6.03 Å². The first-order valence-corrected chi connectivity index (χ1v) is 10.5. The summed E-state index contributed by atoms with van der Waals surface area (Å²) in [6, 6.07) is 9.13. The van der Waals surface area contributed by atoms with Crippen LogP contribution in [0.25, 0.3) is 5.69 Å². The molecular formula is C19H22N6O3S. The van der Waals surface area contributed by atoms with Gasteiger partial charge in [0, 0.05) is 11.6 Å². The van der Waals surface area contributed by atoms with Gasteiger partial charge in [0.15, 0.2) is 5.16 Å². The zero-order valence-corrected chi connectivity index (χ0v) is 17.0. The summed E-state index contributed by atoms with van der Waals surface area (Å²) in [6.07, 6.45) is 2.60. The van der Waals surface area contributed by atoms with Crippen LogP contribution in [0.5, 0.6) is 0 Å². The largest absolute Gasteiger partial charge is 0.344 e. The van der Waals surface area contributed by atoms with Crippen LogP contribution in [0.15, 0.2) is 35.5 Å². The minimum Gasteiger partial charge on any atom is -0.322 e. The lowest BCUT2D eigenvalue weighted by molar-refractivity contribution is -0.137. The van der Waals surface area contributed by atoms with Crippen molar-refractivity contribution in [2.24, 2.45) is 0 Å². The van der Waals surface area contributed by atoms with Crippen LogP contribution < -0.4 is 10.7 Å². The Hall–Kier alpha value is -2.88. The number of imide groups is 1. The number of nitrogens with zero attached hydrogens (tertiary/aromatic N) is 4. The van der Waals surface area contributed by atoms with Crippen LogP contribution in [-0.4, -0.2) is 48.9 Å². The minimum absolute atomic E-state index is 0.00443. The molecule has 1 saturated heterocycles. The van der Waals surface area contributed by atoms with Crippen molar-refractivity contribution in [3.05, 3.63) is 36.2 Å². The Bertz CT molecular complexity index is 958. The molecule has 29 heavy (non-hydrogen) atoms. The van der Waals surface area contributed by atoms with Crippen molar-refractivity contribution in [3.8, 4) is 5.69 Å². The topological polar surface area (TPSA) is 109 Å². The van der Waals surface area contributed by atoms with E-state index in [4.69, 9.17) is 0 Å². The number of rotatable bonds is 7. The van der Waals surface area contributed by atoms with Crippen molar-refractivity contribution >= 4 is 29.6 Å². The van der Waals surface area contributed by atoms with Crippen LogP contribution in [0.2, 0.25) is 0 Å². The van der Waals surface area contributed by atoms with Gasteiger partial charge in [0.25, 0.3) is 5.91 Å². The second-order valence-corrected chi connectivity index (χ2v) is 8.31. The van der Waals surface area contributed by atoms with E-state index in [2.05, 4.69) is 20.9 Å². The molecule has 152 valence electrons. The van der Waals surface area contributed by atoms with E-state index in [9.17, 15) is 14.4 Å². The normalized spacial score (nSPS) is 21.4. The molecule has 2 fully saturated rings. The van der Waals surface area contributed by atoms with E-state index in [-0.39, 0.29) is 5.75 Å². The molecule has 1 aromatic carbocycles. The fourth-order valence-electron chi connectivity index (χ4n) is 3.11. The molecule has 0 radical (unpaired) electrons. The van der Waals surface area contributed by atoms with Crippen molar-refractivity contribution in [2.45, 2.75) is 49.7 Å². The van der Waals surface area contributed by atoms with Gasteiger partial charge in [0.2, 0.25) is 5.91 Å². The molecule has 1 atom stereocenters. The van der Waals surface area contributed by atoms with Gasteiger partial charge < -0.3 is 5.32 Å². The predicted octanol–water partition coefficient (Wildman–Crippen LogP) is 1.99. The van der Waals surface area contributed by atoms with Gasteiger partial charge in [-0.15, -0.1) is 10.2 Å². The van der Waals surface area contributed by atoms with Crippen molar-refractivity contribution in [2.75, 3.05) is 5.75 Å². The van der Waals surface area contributed by atoms with Gasteiger partial charge in [0.05, 0.1) is 5.75 Å². The second kappa shape index (κ2) is 7.51. The maximum atomic E-state index is 12.4. The number of carbonyl (C=O) groups excluding carboxylic acids is 3. The number of benzene rings is 1. The smallest absolute Gasteiger partial charge is 0.322 e. The minimum atomic E-state index is -0.996. The molecule has 0 spiro atoms. The van der Waals surface area contributed by atoms with Crippen LogP contribution in [0.4, 0.5) is 4.79 Å². The Balaban J connectivity index is 1.45. The molecule has 1 aromatic heterocycles. The van der Waals surface area contributed by atoms with Gasteiger partial charge in [-0.3, -0.25) is 19.6 Å². The average molecular weight is 414 g/mol. The summed E-state index contributed by atoms with van der Waals surface area (Å²) in [4.78, 5) is 36.8. The van der Waals surface area contributed by atoms with Crippen molar-refractivity contribution in [3.63, 3.8) is 0 Å². The molecule has 0 bridgehead atoms. The fourth-order valence-corrected chi connectivity index (χ4v) is 3.86. The number of urea groups is 1. The molecule has 9 nitrogen and oxygen atoms in total. The fraction of sp³-hybridized carbons (Fsp3) is 0.421. The summed E-state index contributed by atoms with van der Waals surface area (Å²) in [5.74, 6) is 0.354. The van der Waals surface area contributed by atoms with Gasteiger partial charge in [-0.25, -0.2) is 4.79 Å². The van der Waals surface area contributed by atoms with E-state index in [1.54, 1.807) is 13.8 Å². The third kappa shape index (κ3) is 3.71. The summed E-state index contributed by atoms with van der Waals surface area (Å²) in [6.45, 7) is 3.43. The van der Waals surface area contributed by atoms with Crippen LogP contribution in [-0.2, 0) is 9.59 Å². The first-order chi connectivity index (χ1) is 13.9. The molecule has 1 aliphatic carbocycles. The SMILES string of the molecule is CC[C@]1(C)NC(=O)N(NC(=O)CSc2nnc(C3CC3)n2-c2ccccc2)C1=O. The number of hydrogen-bond acceptors (Lipinski definition) is 6. The standard InChI is InChI=1S/C19H22N6O3S/c1-3-19(2)16(27)25(17(28)20-19)23-14(26)11-29-18-22-21-15(12-9-10-12)24(18)13-7-5-4-6-8-13/h4-8,12H,3,9-11H2,1-2H3,(H,20,28)(H,23,26)/t19-/m0/s1. The molecular weight excluding hydrogens is 392 g/mol. The Morgan fingerprint density at radius 1 is 1.28 bits per heavy atom. The zero-order valence-electron chi connectivity index (χ0n) is 16.2. The summed E-state index contributed by atoms with van der Waals surface area (Å²) in [5.41, 5.74) is 2.34. The van der Waals surface area contributed by atoms with E-state index in [0.717, 1.165) is 29.4 Å². The van der Waals surface area contributed by atoms with Crippen molar-refractivity contribution in [1.82, 2.24) is 30.5 Å². The van der Waals surface area contributed by atoms with Crippen LogP contribution in [0.1, 0.15) is 44.9 Å². The second-order valence-electron chi connectivity index (χ2n) is 7.37. The van der Waals surface area contributed by atoms with E-state index >= 15 is 0 Å². The highest BCUT2D eigenvalue weighted by Gasteiger charge is 2.47. The molecule has 0 unspecified atom stereocenters. The van der Waals surface area contributed by atoms with Gasteiger partial charge in [-0.05, 0) is 38.3 Å². The lowest BCUT2D eigenvalue weighted by atomic mass is 10.00. The molecule has 2 N–H and O–H groups in total. The highest BCUT2D eigenvalue weighted by atomic mass is 32.2. The first kappa shape index (κ1) is 19.4. The monoisotopic (exact) mass is 414 g/mol. The third-order valence-corrected chi connectivity index (χ3v) is 6.08. The summed E-state index contributed by atoms with van der Waals surface area (Å²) in [7, 11) is 0. The van der Waals surface area contributed by atoms with Gasteiger partial charge in [-0.1, -0.05) is 36.9 Å². The maximum Gasteiger partial charge on any atom is 0.344 e. The van der Waals surface area contributed by atoms with Gasteiger partial charge in [-0.2, -0.15) is 5.01 Å². The van der Waals surface area contributed by atoms with Crippen molar-refractivity contribution in [1.29, 1.82) is 0 Å². The van der Waals surface area contributed by atoms with Crippen LogP contribution in [0, 0.1) is 0 Å². The Morgan fingerprint density at radius 3 is 2.62 bits per heavy atom. The molecule has 1 saturated carbocycles. The Labute approximate surface area is 172 Å². The molecule has 4 rings (SSSR count). The number of hydrazine groups is 1. The first-order valence-electron chi connectivity index (χ1n) is 9.52. The Kier molecular flexibility index (Phi) is 5.03. The number of hydrogen-bond donors (Lipinski definition) is 2. The summed E-state index contributed by atoms with van der Waals surface area (Å²) >= 11 is 1.22. The highest BCUT2D eigenvalue weighted by molar-refractivity contribution is 7.99. The van der Waals surface area contributed by atoms with Crippen molar-refractivity contribution < 1.29 is 14.4 Å². The lowest BCUT2D eigenvalue weighted by Gasteiger charge is -2.19. The Morgan fingerprint density at radius 2 is 2.00 bits per heavy atom. The zero-order chi connectivity index (χ0) is 20.6. The number of amides is 4. The highest BCUT2D eigenvalue weighted by Crippen LogP contribution is 2.41.